The molecule has 4 rings (SSSR count). The van der Waals surface area contributed by atoms with Crippen LogP contribution >= 0.6 is 0 Å². The first kappa shape index (κ1) is 20.1. The molecule has 3 aromatic carbocycles. The number of rotatable bonds is 5. The number of aryl methyl sites for hydroxylation is 1. The highest BCUT2D eigenvalue weighted by molar-refractivity contribution is 6.03. The Morgan fingerprint density at radius 1 is 0.800 bits per heavy atom. The Morgan fingerprint density at radius 2 is 1.50 bits per heavy atom. The fraction of sp³-hybridized carbons (Fsp3) is 0.308. The van der Waals surface area contributed by atoms with E-state index in [0.717, 1.165) is 31.5 Å². The van der Waals surface area contributed by atoms with Gasteiger partial charge in [0.2, 0.25) is 5.91 Å². The van der Waals surface area contributed by atoms with Crippen molar-refractivity contribution in [1.29, 1.82) is 0 Å². The minimum absolute atomic E-state index is 0.0156. The Labute approximate surface area is 177 Å². The fourth-order valence-corrected chi connectivity index (χ4v) is 4.19. The second-order valence-electron chi connectivity index (χ2n) is 7.94. The summed E-state index contributed by atoms with van der Waals surface area (Å²) in [5.41, 5.74) is 2.35. The lowest BCUT2D eigenvalue weighted by atomic mass is 10.0. The number of likely N-dealkylation sites (tertiary alicyclic amines) is 1. The van der Waals surface area contributed by atoms with Crippen LogP contribution in [0.1, 0.15) is 48.0 Å². The SMILES string of the molecule is O=C(CCc1cccc2ccccc12)Nc1ccccc1C(=O)N1CCCCCC1. The maximum absolute atomic E-state index is 13.1. The van der Waals surface area contributed by atoms with Crippen molar-refractivity contribution in [3.8, 4) is 0 Å². The number of amides is 2. The zero-order chi connectivity index (χ0) is 20.8. The third-order valence-corrected chi connectivity index (χ3v) is 5.83. The van der Waals surface area contributed by atoms with Crippen LogP contribution in [0.4, 0.5) is 5.69 Å². The Hall–Kier alpha value is -3.14. The summed E-state index contributed by atoms with van der Waals surface area (Å²) in [5, 5.41) is 5.35. The molecule has 4 nitrogen and oxygen atoms in total. The third kappa shape index (κ3) is 4.70. The Bertz CT molecular complexity index is 1030. The molecule has 154 valence electrons. The largest absolute Gasteiger partial charge is 0.339 e. The smallest absolute Gasteiger partial charge is 0.255 e. The van der Waals surface area contributed by atoms with E-state index in [1.807, 2.05) is 47.4 Å². The molecule has 1 aliphatic rings. The van der Waals surface area contributed by atoms with Gasteiger partial charge in [0.1, 0.15) is 0 Å². The minimum atomic E-state index is -0.0703. The number of benzene rings is 3. The van der Waals surface area contributed by atoms with Crippen molar-refractivity contribution in [1.82, 2.24) is 4.90 Å². The van der Waals surface area contributed by atoms with Crippen LogP contribution in [-0.2, 0) is 11.2 Å². The average Bonchev–Trinajstić information content (AvgIpc) is 3.07. The maximum atomic E-state index is 13.1. The lowest BCUT2D eigenvalue weighted by molar-refractivity contribution is -0.116. The maximum Gasteiger partial charge on any atom is 0.255 e. The number of carbonyl (C=O) groups excluding carboxylic acids is 2. The molecule has 2 amide bonds. The summed E-state index contributed by atoms with van der Waals surface area (Å²) < 4.78 is 0. The zero-order valence-electron chi connectivity index (χ0n) is 17.3. The number of hydrogen-bond acceptors (Lipinski definition) is 2. The molecule has 1 aliphatic heterocycles. The average molecular weight is 401 g/mol. The lowest BCUT2D eigenvalue weighted by Gasteiger charge is -2.22. The summed E-state index contributed by atoms with van der Waals surface area (Å²) in [5.74, 6) is -0.0547. The highest BCUT2D eigenvalue weighted by atomic mass is 16.2. The molecule has 1 N–H and O–H groups in total. The molecule has 1 heterocycles. The number of para-hydroxylation sites is 1. The second kappa shape index (κ2) is 9.57. The van der Waals surface area contributed by atoms with Gasteiger partial charge in [0.25, 0.3) is 5.91 Å². The van der Waals surface area contributed by atoms with E-state index in [2.05, 4.69) is 29.6 Å². The van der Waals surface area contributed by atoms with Crippen LogP contribution in [0.5, 0.6) is 0 Å². The van der Waals surface area contributed by atoms with Crippen molar-refractivity contribution in [2.45, 2.75) is 38.5 Å². The molecule has 0 aliphatic carbocycles. The van der Waals surface area contributed by atoms with E-state index in [-0.39, 0.29) is 11.8 Å². The summed E-state index contributed by atoms with van der Waals surface area (Å²) in [7, 11) is 0. The summed E-state index contributed by atoms with van der Waals surface area (Å²) in [4.78, 5) is 27.7. The van der Waals surface area contributed by atoms with Gasteiger partial charge in [-0.15, -0.1) is 0 Å². The van der Waals surface area contributed by atoms with Crippen LogP contribution in [-0.4, -0.2) is 29.8 Å². The van der Waals surface area contributed by atoms with Crippen molar-refractivity contribution >= 4 is 28.3 Å². The molecule has 0 saturated carbocycles. The Balaban J connectivity index is 1.44. The van der Waals surface area contributed by atoms with Crippen molar-refractivity contribution in [3.05, 3.63) is 77.9 Å². The molecule has 0 bridgehead atoms. The van der Waals surface area contributed by atoms with Crippen LogP contribution in [0.2, 0.25) is 0 Å². The molecule has 1 fully saturated rings. The molecule has 3 aromatic rings. The molecule has 1 saturated heterocycles. The Kier molecular flexibility index (Phi) is 6.43. The summed E-state index contributed by atoms with van der Waals surface area (Å²) in [6, 6.07) is 21.8. The molecule has 0 radical (unpaired) electrons. The van der Waals surface area contributed by atoms with Crippen molar-refractivity contribution < 1.29 is 9.59 Å². The first-order valence-corrected chi connectivity index (χ1v) is 10.9. The van der Waals surface area contributed by atoms with Gasteiger partial charge in [-0.3, -0.25) is 9.59 Å². The van der Waals surface area contributed by atoms with E-state index in [1.165, 1.54) is 23.6 Å². The lowest BCUT2D eigenvalue weighted by Crippen LogP contribution is -2.32. The summed E-state index contributed by atoms with van der Waals surface area (Å²) >= 11 is 0. The molecule has 4 heteroatoms. The van der Waals surface area contributed by atoms with Gasteiger partial charge in [0.15, 0.2) is 0 Å². The Morgan fingerprint density at radius 3 is 2.33 bits per heavy atom. The summed E-state index contributed by atoms with van der Waals surface area (Å²) in [6.07, 6.45) is 5.49. The molecule has 0 aromatic heterocycles. The fourth-order valence-electron chi connectivity index (χ4n) is 4.19. The topological polar surface area (TPSA) is 49.4 Å². The van der Waals surface area contributed by atoms with Crippen LogP contribution in [0.3, 0.4) is 0 Å². The van der Waals surface area contributed by atoms with E-state index in [4.69, 9.17) is 0 Å². The zero-order valence-corrected chi connectivity index (χ0v) is 17.3. The molecular formula is C26H28N2O2. The van der Waals surface area contributed by atoms with Gasteiger partial charge in [-0.05, 0) is 47.7 Å². The van der Waals surface area contributed by atoms with Gasteiger partial charge >= 0.3 is 0 Å². The van der Waals surface area contributed by atoms with Crippen molar-refractivity contribution in [2.75, 3.05) is 18.4 Å². The number of fused-ring (bicyclic) bond motifs is 1. The van der Waals surface area contributed by atoms with E-state index in [9.17, 15) is 9.59 Å². The van der Waals surface area contributed by atoms with Gasteiger partial charge in [-0.2, -0.15) is 0 Å². The monoisotopic (exact) mass is 400 g/mol. The predicted molar refractivity (Wildman–Crippen MR) is 122 cm³/mol. The number of nitrogens with zero attached hydrogens (tertiary/aromatic N) is 1. The van der Waals surface area contributed by atoms with Crippen LogP contribution in [0.25, 0.3) is 10.8 Å². The predicted octanol–water partition coefficient (Wildman–Crippen LogP) is 5.43. The van der Waals surface area contributed by atoms with Crippen molar-refractivity contribution in [2.24, 2.45) is 0 Å². The summed E-state index contributed by atoms with van der Waals surface area (Å²) in [6.45, 7) is 1.59. The third-order valence-electron chi connectivity index (χ3n) is 5.83. The van der Waals surface area contributed by atoms with E-state index in [1.54, 1.807) is 0 Å². The molecule has 0 spiro atoms. The molecule has 0 atom stereocenters. The highest BCUT2D eigenvalue weighted by Crippen LogP contribution is 2.22. The van der Waals surface area contributed by atoms with Gasteiger partial charge in [0.05, 0.1) is 11.3 Å². The van der Waals surface area contributed by atoms with E-state index in [0.29, 0.717) is 24.1 Å². The normalized spacial score (nSPS) is 14.3. The van der Waals surface area contributed by atoms with Crippen LogP contribution in [0, 0.1) is 0 Å². The second-order valence-corrected chi connectivity index (χ2v) is 7.94. The number of nitrogens with one attached hydrogen (secondary N) is 1. The minimum Gasteiger partial charge on any atom is -0.339 e. The van der Waals surface area contributed by atoms with Crippen LogP contribution in [0.15, 0.2) is 66.7 Å². The molecular weight excluding hydrogens is 372 g/mol. The number of anilines is 1. The van der Waals surface area contributed by atoms with E-state index >= 15 is 0 Å². The first-order chi connectivity index (χ1) is 14.7. The highest BCUT2D eigenvalue weighted by Gasteiger charge is 2.20. The first-order valence-electron chi connectivity index (χ1n) is 10.9. The van der Waals surface area contributed by atoms with E-state index < -0.39 is 0 Å². The standard InChI is InChI=1S/C26H28N2O2/c29-25(17-16-21-12-9-11-20-10-3-4-13-22(20)21)27-24-15-6-5-14-23(24)26(30)28-18-7-1-2-8-19-28/h3-6,9-15H,1-2,7-8,16-19H2,(H,27,29). The molecule has 30 heavy (non-hydrogen) atoms. The van der Waals surface area contributed by atoms with Gasteiger partial charge in [-0.1, -0.05) is 67.4 Å². The van der Waals surface area contributed by atoms with Crippen molar-refractivity contribution in [3.63, 3.8) is 0 Å². The van der Waals surface area contributed by atoms with Gasteiger partial charge in [-0.25, -0.2) is 0 Å². The van der Waals surface area contributed by atoms with Gasteiger partial charge in [0, 0.05) is 19.5 Å². The number of carbonyl (C=O) groups is 2. The molecule has 0 unspecified atom stereocenters. The van der Waals surface area contributed by atoms with Gasteiger partial charge < -0.3 is 10.2 Å². The number of hydrogen-bond donors (Lipinski definition) is 1. The van der Waals surface area contributed by atoms with Crippen LogP contribution < -0.4 is 5.32 Å². The quantitative estimate of drug-likeness (QED) is 0.621.